The monoisotopic (exact) mass is 306 g/mol. The second-order valence-corrected chi connectivity index (χ2v) is 6.11. The number of nitro groups is 1. The Bertz CT molecular complexity index is 620. The number of carbonyl (C=O) groups excluding carboxylic acids is 1. The van der Waals surface area contributed by atoms with Gasteiger partial charge >= 0.3 is 5.97 Å². The van der Waals surface area contributed by atoms with Gasteiger partial charge in [-0.15, -0.1) is 11.8 Å². The summed E-state index contributed by atoms with van der Waals surface area (Å²) in [6, 6.07) is 6.33. The standard InChI is InChI=1S/C14H14N2O4S/c1-20-13(17)7-14(4-5-14)9-21-12-3-2-10(8-15)6-11(12)16(18)19/h2-3,6H,4-5,7,9H2,1H3. The highest BCUT2D eigenvalue weighted by molar-refractivity contribution is 7.99. The van der Waals surface area contributed by atoms with E-state index in [2.05, 4.69) is 4.74 Å². The molecular weight excluding hydrogens is 292 g/mol. The van der Waals surface area contributed by atoms with Crippen molar-refractivity contribution in [3.8, 4) is 6.07 Å². The van der Waals surface area contributed by atoms with E-state index in [4.69, 9.17) is 5.26 Å². The summed E-state index contributed by atoms with van der Waals surface area (Å²) in [7, 11) is 1.36. The van der Waals surface area contributed by atoms with Gasteiger partial charge in [0, 0.05) is 11.8 Å². The van der Waals surface area contributed by atoms with Gasteiger partial charge in [0.25, 0.3) is 5.69 Å². The fourth-order valence-electron chi connectivity index (χ4n) is 2.01. The van der Waals surface area contributed by atoms with Crippen molar-refractivity contribution >= 4 is 23.4 Å². The van der Waals surface area contributed by atoms with Crippen molar-refractivity contribution in [1.82, 2.24) is 0 Å². The van der Waals surface area contributed by atoms with Crippen molar-refractivity contribution in [2.75, 3.05) is 12.9 Å². The third kappa shape index (κ3) is 3.73. The number of thioether (sulfide) groups is 1. The Kier molecular flexibility index (Phi) is 4.48. The smallest absolute Gasteiger partial charge is 0.306 e. The first kappa shape index (κ1) is 15.3. The number of benzene rings is 1. The lowest BCUT2D eigenvalue weighted by atomic mass is 10.1. The zero-order valence-corrected chi connectivity index (χ0v) is 12.3. The molecule has 1 aliphatic rings. The molecule has 0 amide bonds. The van der Waals surface area contributed by atoms with E-state index in [1.165, 1.54) is 24.9 Å². The van der Waals surface area contributed by atoms with E-state index in [9.17, 15) is 14.9 Å². The highest BCUT2D eigenvalue weighted by atomic mass is 32.2. The molecule has 0 radical (unpaired) electrons. The number of nitriles is 1. The quantitative estimate of drug-likeness (QED) is 0.347. The second kappa shape index (κ2) is 6.14. The molecule has 0 aromatic heterocycles. The molecule has 7 heteroatoms. The van der Waals surface area contributed by atoms with Crippen molar-refractivity contribution in [3.63, 3.8) is 0 Å². The van der Waals surface area contributed by atoms with Gasteiger partial charge < -0.3 is 4.74 Å². The van der Waals surface area contributed by atoms with Crippen molar-refractivity contribution in [3.05, 3.63) is 33.9 Å². The van der Waals surface area contributed by atoms with Crippen LogP contribution in [0, 0.1) is 26.9 Å². The summed E-state index contributed by atoms with van der Waals surface area (Å²) in [5.41, 5.74) is 0.106. The van der Waals surface area contributed by atoms with Crippen LogP contribution < -0.4 is 0 Å². The second-order valence-electron chi connectivity index (χ2n) is 5.09. The van der Waals surface area contributed by atoms with Crippen LogP contribution in [0.3, 0.4) is 0 Å². The molecule has 1 aromatic carbocycles. The van der Waals surface area contributed by atoms with E-state index in [1.807, 2.05) is 6.07 Å². The molecule has 0 spiro atoms. The molecule has 21 heavy (non-hydrogen) atoms. The van der Waals surface area contributed by atoms with Crippen LogP contribution in [0.2, 0.25) is 0 Å². The van der Waals surface area contributed by atoms with Crippen molar-refractivity contribution in [2.24, 2.45) is 5.41 Å². The van der Waals surface area contributed by atoms with E-state index >= 15 is 0 Å². The number of nitro benzene ring substituents is 1. The number of rotatable bonds is 6. The summed E-state index contributed by atoms with van der Waals surface area (Å²) in [4.78, 5) is 22.5. The predicted molar refractivity (Wildman–Crippen MR) is 76.8 cm³/mol. The lowest BCUT2D eigenvalue weighted by Crippen LogP contribution is -2.13. The molecule has 1 aromatic rings. The first-order valence-corrected chi connectivity index (χ1v) is 7.36. The molecule has 0 heterocycles. The van der Waals surface area contributed by atoms with Crippen LogP contribution >= 0.6 is 11.8 Å². The average molecular weight is 306 g/mol. The molecule has 0 bridgehead atoms. The van der Waals surface area contributed by atoms with E-state index in [0.717, 1.165) is 12.8 Å². The summed E-state index contributed by atoms with van der Waals surface area (Å²) < 4.78 is 4.68. The van der Waals surface area contributed by atoms with Crippen molar-refractivity contribution in [1.29, 1.82) is 5.26 Å². The number of hydrogen-bond acceptors (Lipinski definition) is 6. The molecule has 0 unspecified atom stereocenters. The van der Waals surface area contributed by atoms with E-state index < -0.39 is 4.92 Å². The topological polar surface area (TPSA) is 93.2 Å². The van der Waals surface area contributed by atoms with Gasteiger partial charge in [-0.1, -0.05) is 0 Å². The van der Waals surface area contributed by atoms with Gasteiger partial charge in [-0.2, -0.15) is 5.26 Å². The molecule has 1 fully saturated rings. The maximum atomic E-state index is 11.4. The number of methoxy groups -OCH3 is 1. The third-order valence-electron chi connectivity index (χ3n) is 3.52. The summed E-state index contributed by atoms with van der Waals surface area (Å²) in [5, 5.41) is 19.9. The van der Waals surface area contributed by atoms with E-state index in [1.54, 1.807) is 12.1 Å². The van der Waals surface area contributed by atoms with Crippen LogP contribution in [-0.4, -0.2) is 23.8 Å². The molecule has 6 nitrogen and oxygen atoms in total. The number of esters is 1. The Morgan fingerprint density at radius 1 is 1.57 bits per heavy atom. The van der Waals surface area contributed by atoms with E-state index in [0.29, 0.717) is 17.1 Å². The Hall–Kier alpha value is -2.07. The zero-order chi connectivity index (χ0) is 15.5. The predicted octanol–water partition coefficient (Wildman–Crippen LogP) is 2.90. The van der Waals surface area contributed by atoms with Crippen LogP contribution in [0.4, 0.5) is 5.69 Å². The molecule has 0 atom stereocenters. The van der Waals surface area contributed by atoms with Gasteiger partial charge in [0.15, 0.2) is 0 Å². The van der Waals surface area contributed by atoms with Gasteiger partial charge in [-0.05, 0) is 30.4 Å². The number of ether oxygens (including phenoxy) is 1. The van der Waals surface area contributed by atoms with Gasteiger partial charge in [-0.25, -0.2) is 0 Å². The molecule has 0 aliphatic heterocycles. The van der Waals surface area contributed by atoms with Gasteiger partial charge in [0.05, 0.1) is 35.0 Å². The molecule has 110 valence electrons. The molecule has 1 saturated carbocycles. The number of carbonyl (C=O) groups is 1. The van der Waals surface area contributed by atoms with Crippen LogP contribution in [0.1, 0.15) is 24.8 Å². The first-order valence-electron chi connectivity index (χ1n) is 6.38. The minimum Gasteiger partial charge on any atom is -0.469 e. The highest BCUT2D eigenvalue weighted by Gasteiger charge is 2.44. The minimum absolute atomic E-state index is 0.0621. The number of hydrogen-bond donors (Lipinski definition) is 0. The summed E-state index contributed by atoms with van der Waals surface area (Å²) >= 11 is 1.36. The first-order chi connectivity index (χ1) is 9.99. The highest BCUT2D eigenvalue weighted by Crippen LogP contribution is 2.52. The minimum atomic E-state index is -0.483. The molecule has 0 N–H and O–H groups in total. The van der Waals surface area contributed by atoms with Crippen molar-refractivity contribution < 1.29 is 14.5 Å². The Labute approximate surface area is 126 Å². The van der Waals surface area contributed by atoms with Crippen LogP contribution in [-0.2, 0) is 9.53 Å². The average Bonchev–Trinajstić information content (AvgIpc) is 3.24. The fraction of sp³-hybridized carbons (Fsp3) is 0.429. The van der Waals surface area contributed by atoms with Gasteiger partial charge in [-0.3, -0.25) is 14.9 Å². The van der Waals surface area contributed by atoms with E-state index in [-0.39, 0.29) is 22.6 Å². The zero-order valence-electron chi connectivity index (χ0n) is 11.5. The Morgan fingerprint density at radius 3 is 2.81 bits per heavy atom. The van der Waals surface area contributed by atoms with Crippen molar-refractivity contribution in [2.45, 2.75) is 24.2 Å². The van der Waals surface area contributed by atoms with Crippen LogP contribution in [0.25, 0.3) is 0 Å². The normalized spacial score (nSPS) is 15.0. The molecular formula is C14H14N2O4S. The lowest BCUT2D eigenvalue weighted by molar-refractivity contribution is -0.387. The summed E-state index contributed by atoms with van der Waals surface area (Å²) in [5.74, 6) is 0.386. The fourth-order valence-corrected chi connectivity index (χ4v) is 3.31. The molecule has 2 rings (SSSR count). The molecule has 1 aliphatic carbocycles. The summed E-state index contributed by atoms with van der Waals surface area (Å²) in [6.45, 7) is 0. The van der Waals surface area contributed by atoms with Gasteiger partial charge in [0.2, 0.25) is 0 Å². The maximum Gasteiger partial charge on any atom is 0.306 e. The Balaban J connectivity index is 2.08. The van der Waals surface area contributed by atoms with Crippen LogP contribution in [0.15, 0.2) is 23.1 Å². The SMILES string of the molecule is COC(=O)CC1(CSc2ccc(C#N)cc2[N+](=O)[O-])CC1. The maximum absolute atomic E-state index is 11.4. The molecule has 0 saturated heterocycles. The summed E-state index contributed by atoms with van der Waals surface area (Å²) in [6.07, 6.45) is 2.21. The third-order valence-corrected chi connectivity index (χ3v) is 4.94. The Morgan fingerprint density at radius 2 is 2.29 bits per heavy atom. The van der Waals surface area contributed by atoms with Crippen LogP contribution in [0.5, 0.6) is 0 Å². The largest absolute Gasteiger partial charge is 0.469 e. The number of nitrogens with zero attached hydrogens (tertiary/aromatic N) is 2. The lowest BCUT2D eigenvalue weighted by Gasteiger charge is -2.13. The van der Waals surface area contributed by atoms with Gasteiger partial charge in [0.1, 0.15) is 0 Å².